The second-order valence-electron chi connectivity index (χ2n) is 2.11. The highest BCUT2D eigenvalue weighted by Gasteiger charge is 2.31. The predicted octanol–water partition coefficient (Wildman–Crippen LogP) is 2.20. The third-order valence-electron chi connectivity index (χ3n) is 1.29. The topological polar surface area (TPSA) is 99.2 Å². The van der Waals surface area contributed by atoms with Crippen LogP contribution in [0.2, 0.25) is 10.0 Å². The fourth-order valence-electron chi connectivity index (χ4n) is 0.742. The Bertz CT molecular complexity index is 422. The molecule has 7 nitrogen and oxygen atoms in total. The lowest BCUT2D eigenvalue weighted by molar-refractivity contribution is -0.425. The highest BCUT2D eigenvalue weighted by Crippen LogP contribution is 2.36. The first-order valence-corrected chi connectivity index (χ1v) is 3.83. The van der Waals surface area contributed by atoms with Gasteiger partial charge >= 0.3 is 11.5 Å². The molecule has 0 amide bonds. The van der Waals surface area contributed by atoms with Crippen molar-refractivity contribution in [3.8, 4) is 0 Å². The van der Waals surface area contributed by atoms with Gasteiger partial charge in [0.05, 0.1) is 4.92 Å². The number of halogens is 2. The minimum atomic E-state index is -1.00. The quantitative estimate of drug-likeness (QED) is 0.580. The number of hydrogen-bond donors (Lipinski definition) is 0. The molecule has 1 rings (SSSR count). The maximum absolute atomic E-state index is 10.4. The summed E-state index contributed by atoms with van der Waals surface area (Å²) in [6.45, 7) is 0. The third-order valence-corrected chi connectivity index (χ3v) is 2.05. The SMILES string of the molecule is O=[N+]([O-])c1ncc(Cl)c(Cl)c1[N+](=O)[O-]. The molecule has 1 heterocycles. The van der Waals surface area contributed by atoms with Crippen molar-refractivity contribution in [3.63, 3.8) is 0 Å². The summed E-state index contributed by atoms with van der Waals surface area (Å²) in [4.78, 5) is 21.9. The number of aromatic nitrogens is 1. The Labute approximate surface area is 86.6 Å². The molecule has 0 saturated heterocycles. The first-order chi connectivity index (χ1) is 6.45. The van der Waals surface area contributed by atoms with Crippen LogP contribution in [0.1, 0.15) is 0 Å². The molecule has 0 bridgehead atoms. The van der Waals surface area contributed by atoms with Gasteiger partial charge in [0.1, 0.15) is 10.0 Å². The molecule has 74 valence electrons. The van der Waals surface area contributed by atoms with Gasteiger partial charge in [0.15, 0.2) is 6.20 Å². The second-order valence-corrected chi connectivity index (χ2v) is 2.89. The number of hydrogen-bond acceptors (Lipinski definition) is 5. The molecule has 0 aliphatic heterocycles. The molecule has 9 heteroatoms. The molecule has 0 aliphatic rings. The minimum absolute atomic E-state index is 0.205. The molecule has 0 radical (unpaired) electrons. The van der Waals surface area contributed by atoms with E-state index in [1.807, 2.05) is 0 Å². The molecular weight excluding hydrogens is 237 g/mol. The van der Waals surface area contributed by atoms with Gasteiger partial charge in [-0.05, 0) is 9.91 Å². The Morgan fingerprint density at radius 3 is 2.21 bits per heavy atom. The number of pyridine rings is 1. The number of nitro groups is 2. The first kappa shape index (κ1) is 10.6. The van der Waals surface area contributed by atoms with Crippen LogP contribution in [0.25, 0.3) is 0 Å². The highest BCUT2D eigenvalue weighted by atomic mass is 35.5. The fraction of sp³-hybridized carbons (Fsp3) is 0. The molecule has 0 unspecified atom stereocenters. The Balaban J connectivity index is 3.53. The Hall–Kier alpha value is -1.47. The van der Waals surface area contributed by atoms with Gasteiger partial charge in [0.2, 0.25) is 0 Å². The van der Waals surface area contributed by atoms with E-state index >= 15 is 0 Å². The molecule has 0 spiro atoms. The zero-order valence-corrected chi connectivity index (χ0v) is 7.82. The Morgan fingerprint density at radius 2 is 1.79 bits per heavy atom. The van der Waals surface area contributed by atoms with Gasteiger partial charge in [-0.2, -0.15) is 0 Å². The standard InChI is InChI=1S/C5HCl2N3O4/c6-2-1-8-5(10(13)14)4(3(2)7)9(11)12/h1H. The van der Waals surface area contributed by atoms with Gasteiger partial charge in [-0.1, -0.05) is 23.2 Å². The molecule has 1 aromatic heterocycles. The lowest BCUT2D eigenvalue weighted by Crippen LogP contribution is -2.00. The second kappa shape index (κ2) is 3.72. The van der Waals surface area contributed by atoms with Crippen LogP contribution in [0.5, 0.6) is 0 Å². The van der Waals surface area contributed by atoms with E-state index in [0.717, 1.165) is 6.20 Å². The molecule has 0 aromatic carbocycles. The summed E-state index contributed by atoms with van der Waals surface area (Å²) in [7, 11) is 0. The molecule has 0 N–H and O–H groups in total. The molecule has 14 heavy (non-hydrogen) atoms. The average molecular weight is 238 g/mol. The van der Waals surface area contributed by atoms with Gasteiger partial charge in [0.25, 0.3) is 0 Å². The first-order valence-electron chi connectivity index (χ1n) is 3.08. The zero-order chi connectivity index (χ0) is 10.9. The van der Waals surface area contributed by atoms with Crippen molar-refractivity contribution >= 4 is 34.7 Å². The average Bonchev–Trinajstić information content (AvgIpc) is 2.08. The summed E-state index contributed by atoms with van der Waals surface area (Å²) in [5, 5.41) is 20.1. The van der Waals surface area contributed by atoms with Gasteiger partial charge in [-0.25, -0.2) is 0 Å². The maximum atomic E-state index is 10.4. The summed E-state index contributed by atoms with van der Waals surface area (Å²) < 4.78 is 0. The van der Waals surface area contributed by atoms with Crippen LogP contribution in [0, 0.1) is 20.2 Å². The van der Waals surface area contributed by atoms with Crippen molar-refractivity contribution in [3.05, 3.63) is 36.5 Å². The van der Waals surface area contributed by atoms with E-state index in [2.05, 4.69) is 4.98 Å². The Morgan fingerprint density at radius 1 is 1.21 bits per heavy atom. The van der Waals surface area contributed by atoms with E-state index in [9.17, 15) is 20.2 Å². The van der Waals surface area contributed by atoms with Crippen LogP contribution in [-0.2, 0) is 0 Å². The van der Waals surface area contributed by atoms with E-state index < -0.39 is 26.4 Å². The van der Waals surface area contributed by atoms with Gasteiger partial charge < -0.3 is 10.1 Å². The largest absolute Gasteiger partial charge is 0.444 e. The number of nitrogens with zero attached hydrogens (tertiary/aromatic N) is 3. The van der Waals surface area contributed by atoms with Crippen molar-refractivity contribution in [2.45, 2.75) is 0 Å². The van der Waals surface area contributed by atoms with Crippen molar-refractivity contribution in [2.24, 2.45) is 0 Å². The molecule has 0 atom stereocenters. The van der Waals surface area contributed by atoms with Crippen molar-refractivity contribution in [2.75, 3.05) is 0 Å². The molecule has 0 fully saturated rings. The van der Waals surface area contributed by atoms with E-state index in [-0.39, 0.29) is 5.02 Å². The molecular formula is C5HCl2N3O4. The van der Waals surface area contributed by atoms with Crippen molar-refractivity contribution in [1.82, 2.24) is 4.98 Å². The van der Waals surface area contributed by atoms with Gasteiger partial charge in [0, 0.05) is 0 Å². The predicted molar refractivity (Wildman–Crippen MR) is 47.6 cm³/mol. The van der Waals surface area contributed by atoms with Crippen molar-refractivity contribution in [1.29, 1.82) is 0 Å². The zero-order valence-electron chi connectivity index (χ0n) is 6.31. The lowest BCUT2D eigenvalue weighted by atomic mass is 10.4. The fourth-order valence-corrected chi connectivity index (χ4v) is 1.08. The van der Waals surface area contributed by atoms with Crippen LogP contribution < -0.4 is 0 Å². The maximum Gasteiger partial charge on any atom is 0.444 e. The summed E-state index contributed by atoms with van der Waals surface area (Å²) in [5.74, 6) is -0.926. The van der Waals surface area contributed by atoms with Gasteiger partial charge in [-0.15, -0.1) is 0 Å². The van der Waals surface area contributed by atoms with E-state index in [1.54, 1.807) is 0 Å². The summed E-state index contributed by atoms with van der Waals surface area (Å²) >= 11 is 10.8. The summed E-state index contributed by atoms with van der Waals surface area (Å²) in [6, 6.07) is 0. The van der Waals surface area contributed by atoms with E-state index in [1.165, 1.54) is 0 Å². The third kappa shape index (κ3) is 1.73. The highest BCUT2D eigenvalue weighted by molar-refractivity contribution is 6.43. The van der Waals surface area contributed by atoms with E-state index in [0.29, 0.717) is 0 Å². The number of rotatable bonds is 2. The summed E-state index contributed by atoms with van der Waals surface area (Å²) in [5.41, 5.74) is -0.899. The van der Waals surface area contributed by atoms with Gasteiger partial charge in [-0.3, -0.25) is 10.1 Å². The normalized spacial score (nSPS) is 9.86. The van der Waals surface area contributed by atoms with Crippen molar-refractivity contribution < 1.29 is 9.85 Å². The van der Waals surface area contributed by atoms with Crippen LogP contribution in [0.4, 0.5) is 11.5 Å². The van der Waals surface area contributed by atoms with Crippen LogP contribution in [0.3, 0.4) is 0 Å². The lowest BCUT2D eigenvalue weighted by Gasteiger charge is -1.96. The van der Waals surface area contributed by atoms with E-state index in [4.69, 9.17) is 23.2 Å². The summed E-state index contributed by atoms with van der Waals surface area (Å²) in [6.07, 6.45) is 0.884. The Kier molecular flexibility index (Phi) is 2.82. The van der Waals surface area contributed by atoms with Crippen LogP contribution in [-0.4, -0.2) is 14.8 Å². The smallest absolute Gasteiger partial charge is 0.358 e. The molecule has 0 saturated carbocycles. The van der Waals surface area contributed by atoms with Crippen LogP contribution in [0.15, 0.2) is 6.20 Å². The monoisotopic (exact) mass is 237 g/mol. The van der Waals surface area contributed by atoms with Crippen LogP contribution >= 0.6 is 23.2 Å². The molecule has 1 aromatic rings. The minimum Gasteiger partial charge on any atom is -0.358 e. The molecule has 0 aliphatic carbocycles.